The Morgan fingerprint density at radius 2 is 1.86 bits per heavy atom. The SMILES string of the molecule is Cc1cc(N=O)cc(C(C)(C)C)c1O. The molecule has 1 rings (SSSR count). The van der Waals surface area contributed by atoms with E-state index in [1.54, 1.807) is 19.1 Å². The molecule has 0 radical (unpaired) electrons. The van der Waals surface area contributed by atoms with E-state index in [0.29, 0.717) is 11.3 Å². The fourth-order valence-corrected chi connectivity index (χ4v) is 1.38. The highest BCUT2D eigenvalue weighted by Crippen LogP contribution is 2.36. The molecule has 0 aliphatic heterocycles. The van der Waals surface area contributed by atoms with E-state index in [0.717, 1.165) is 5.56 Å². The van der Waals surface area contributed by atoms with Crippen LogP contribution in [0.3, 0.4) is 0 Å². The number of nitroso groups, excluding NO2 is 1. The van der Waals surface area contributed by atoms with Crippen molar-refractivity contribution in [2.24, 2.45) is 5.18 Å². The molecule has 3 nitrogen and oxygen atoms in total. The fourth-order valence-electron chi connectivity index (χ4n) is 1.38. The number of aryl methyl sites for hydroxylation is 1. The van der Waals surface area contributed by atoms with E-state index in [4.69, 9.17) is 0 Å². The molecule has 76 valence electrons. The number of phenolic OH excluding ortho intramolecular Hbond substituents is 1. The Kier molecular flexibility index (Phi) is 2.60. The zero-order valence-corrected chi connectivity index (χ0v) is 8.96. The van der Waals surface area contributed by atoms with E-state index in [-0.39, 0.29) is 11.2 Å². The molecular formula is C11H15NO2. The lowest BCUT2D eigenvalue weighted by Crippen LogP contribution is -2.11. The van der Waals surface area contributed by atoms with Crippen LogP contribution in [0.4, 0.5) is 5.69 Å². The zero-order chi connectivity index (χ0) is 10.9. The van der Waals surface area contributed by atoms with Gasteiger partial charge in [-0.2, -0.15) is 0 Å². The summed E-state index contributed by atoms with van der Waals surface area (Å²) in [6.07, 6.45) is 0. The molecule has 0 aliphatic carbocycles. The smallest absolute Gasteiger partial charge is 0.122 e. The van der Waals surface area contributed by atoms with Crippen molar-refractivity contribution in [3.63, 3.8) is 0 Å². The van der Waals surface area contributed by atoms with Crippen LogP contribution in [-0.4, -0.2) is 5.11 Å². The van der Waals surface area contributed by atoms with Crippen molar-refractivity contribution in [2.75, 3.05) is 0 Å². The minimum Gasteiger partial charge on any atom is -0.507 e. The standard InChI is InChI=1S/C11H15NO2/c1-7-5-8(12-14)6-9(10(7)13)11(2,3)4/h5-6,13H,1-4H3. The largest absolute Gasteiger partial charge is 0.507 e. The Morgan fingerprint density at radius 3 is 2.29 bits per heavy atom. The minimum atomic E-state index is -0.185. The number of aromatic hydroxyl groups is 1. The Balaban J connectivity index is 3.42. The van der Waals surface area contributed by atoms with Gasteiger partial charge in [-0.1, -0.05) is 20.8 Å². The monoisotopic (exact) mass is 193 g/mol. The Bertz CT molecular complexity index is 364. The highest BCUT2D eigenvalue weighted by Gasteiger charge is 2.20. The van der Waals surface area contributed by atoms with Crippen molar-refractivity contribution >= 4 is 5.69 Å². The number of benzene rings is 1. The van der Waals surface area contributed by atoms with Gasteiger partial charge in [-0.25, -0.2) is 0 Å². The van der Waals surface area contributed by atoms with E-state index in [1.165, 1.54) is 0 Å². The summed E-state index contributed by atoms with van der Waals surface area (Å²) >= 11 is 0. The minimum absolute atomic E-state index is 0.185. The van der Waals surface area contributed by atoms with Gasteiger partial charge in [0.2, 0.25) is 0 Å². The molecule has 0 atom stereocenters. The van der Waals surface area contributed by atoms with Gasteiger partial charge in [-0.05, 0) is 35.2 Å². The first-order valence-corrected chi connectivity index (χ1v) is 4.53. The zero-order valence-electron chi connectivity index (χ0n) is 8.96. The first-order valence-electron chi connectivity index (χ1n) is 4.53. The Morgan fingerprint density at radius 1 is 1.29 bits per heavy atom. The van der Waals surface area contributed by atoms with Crippen LogP contribution in [-0.2, 0) is 5.41 Å². The summed E-state index contributed by atoms with van der Waals surface area (Å²) < 4.78 is 0. The van der Waals surface area contributed by atoms with Gasteiger partial charge in [0.15, 0.2) is 0 Å². The molecule has 0 saturated heterocycles. The second kappa shape index (κ2) is 3.40. The summed E-state index contributed by atoms with van der Waals surface area (Å²) in [7, 11) is 0. The maximum absolute atomic E-state index is 10.4. The molecule has 14 heavy (non-hydrogen) atoms. The van der Waals surface area contributed by atoms with Crippen LogP contribution in [0.15, 0.2) is 17.3 Å². The van der Waals surface area contributed by atoms with Crippen molar-refractivity contribution in [3.05, 3.63) is 28.2 Å². The summed E-state index contributed by atoms with van der Waals surface area (Å²) in [4.78, 5) is 10.4. The van der Waals surface area contributed by atoms with Crippen LogP contribution in [0, 0.1) is 11.8 Å². The van der Waals surface area contributed by atoms with Gasteiger partial charge < -0.3 is 5.11 Å². The topological polar surface area (TPSA) is 49.7 Å². The van der Waals surface area contributed by atoms with E-state index in [9.17, 15) is 10.0 Å². The third-order valence-electron chi connectivity index (χ3n) is 2.20. The lowest BCUT2D eigenvalue weighted by molar-refractivity contribution is 0.443. The normalized spacial score (nSPS) is 11.4. The van der Waals surface area contributed by atoms with Gasteiger partial charge >= 0.3 is 0 Å². The summed E-state index contributed by atoms with van der Waals surface area (Å²) in [6.45, 7) is 7.71. The molecular weight excluding hydrogens is 178 g/mol. The molecule has 0 unspecified atom stereocenters. The number of rotatable bonds is 1. The second-order valence-electron chi connectivity index (χ2n) is 4.50. The van der Waals surface area contributed by atoms with Gasteiger partial charge in [0.1, 0.15) is 11.4 Å². The van der Waals surface area contributed by atoms with Crippen LogP contribution in [0.25, 0.3) is 0 Å². The quantitative estimate of drug-likeness (QED) is 0.695. The van der Waals surface area contributed by atoms with E-state index < -0.39 is 0 Å². The van der Waals surface area contributed by atoms with Crippen molar-refractivity contribution < 1.29 is 5.11 Å². The maximum atomic E-state index is 10.4. The van der Waals surface area contributed by atoms with Crippen molar-refractivity contribution in [1.82, 2.24) is 0 Å². The summed E-state index contributed by atoms with van der Waals surface area (Å²) in [5, 5.41) is 12.7. The molecule has 0 heterocycles. The van der Waals surface area contributed by atoms with Gasteiger partial charge in [-0.3, -0.25) is 0 Å². The molecule has 0 bridgehead atoms. The molecule has 1 N–H and O–H groups in total. The van der Waals surface area contributed by atoms with Crippen LogP contribution in [0.1, 0.15) is 31.9 Å². The average molecular weight is 193 g/mol. The molecule has 0 spiro atoms. The summed E-state index contributed by atoms with van der Waals surface area (Å²) in [6, 6.07) is 3.22. The Hall–Kier alpha value is -1.38. The van der Waals surface area contributed by atoms with E-state index in [2.05, 4.69) is 5.18 Å². The molecule has 0 amide bonds. The molecule has 1 aromatic carbocycles. The number of hydrogen-bond donors (Lipinski definition) is 1. The lowest BCUT2D eigenvalue weighted by atomic mass is 9.85. The molecule has 0 fully saturated rings. The summed E-state index contributed by atoms with van der Waals surface area (Å²) in [5.41, 5.74) is 1.62. The van der Waals surface area contributed by atoms with Crippen molar-refractivity contribution in [2.45, 2.75) is 33.1 Å². The van der Waals surface area contributed by atoms with Crippen LogP contribution in [0.5, 0.6) is 5.75 Å². The predicted octanol–water partition coefficient (Wildman–Crippen LogP) is 3.40. The highest BCUT2D eigenvalue weighted by atomic mass is 16.3. The number of hydrogen-bond acceptors (Lipinski definition) is 3. The fraction of sp³-hybridized carbons (Fsp3) is 0.455. The van der Waals surface area contributed by atoms with Crippen molar-refractivity contribution in [3.8, 4) is 5.75 Å². The number of phenols is 1. The van der Waals surface area contributed by atoms with Gasteiger partial charge in [-0.15, -0.1) is 4.91 Å². The number of nitrogens with zero attached hydrogens (tertiary/aromatic N) is 1. The van der Waals surface area contributed by atoms with Crippen LogP contribution >= 0.6 is 0 Å². The molecule has 1 aromatic rings. The van der Waals surface area contributed by atoms with Crippen molar-refractivity contribution in [1.29, 1.82) is 0 Å². The van der Waals surface area contributed by atoms with Crippen LogP contribution < -0.4 is 0 Å². The maximum Gasteiger partial charge on any atom is 0.122 e. The summed E-state index contributed by atoms with van der Waals surface area (Å²) in [5.74, 6) is 0.255. The first-order chi connectivity index (χ1) is 6.36. The third kappa shape index (κ3) is 1.92. The third-order valence-corrected chi connectivity index (χ3v) is 2.20. The molecule has 3 heteroatoms. The van der Waals surface area contributed by atoms with Gasteiger partial charge in [0.05, 0.1) is 0 Å². The molecule has 0 saturated carbocycles. The lowest BCUT2D eigenvalue weighted by Gasteiger charge is -2.21. The molecule has 0 aromatic heterocycles. The van der Waals surface area contributed by atoms with E-state index >= 15 is 0 Å². The average Bonchev–Trinajstić information content (AvgIpc) is 2.07. The Labute approximate surface area is 83.7 Å². The first kappa shape index (κ1) is 10.7. The highest BCUT2D eigenvalue weighted by molar-refractivity contribution is 5.53. The van der Waals surface area contributed by atoms with Gasteiger partial charge in [0.25, 0.3) is 0 Å². The van der Waals surface area contributed by atoms with E-state index in [1.807, 2.05) is 20.8 Å². The second-order valence-corrected chi connectivity index (χ2v) is 4.50. The van der Waals surface area contributed by atoms with Gasteiger partial charge in [0, 0.05) is 5.56 Å². The van der Waals surface area contributed by atoms with Crippen LogP contribution in [0.2, 0.25) is 0 Å². The molecule has 0 aliphatic rings. The predicted molar refractivity (Wildman–Crippen MR) is 57.0 cm³/mol.